The maximum Gasteiger partial charge on any atom is 0.00669 e. The number of benzene rings is 1. The van der Waals surface area contributed by atoms with Gasteiger partial charge in [-0.2, -0.15) is 12.6 Å². The predicted molar refractivity (Wildman–Crippen MR) is 80.0 cm³/mol. The maximum absolute atomic E-state index is 4.24. The topological polar surface area (TPSA) is 3.24 Å². The van der Waals surface area contributed by atoms with Gasteiger partial charge in [0.05, 0.1) is 0 Å². The minimum atomic E-state index is 0.738. The molecule has 0 atom stereocenters. The monoisotopic (exact) mass is 251 g/mol. The fraction of sp³-hybridized carbons (Fsp3) is 0.600. The molecule has 96 valence electrons. The van der Waals surface area contributed by atoms with E-state index in [1.807, 2.05) is 0 Å². The first-order valence-electron chi connectivity index (χ1n) is 6.49. The van der Waals surface area contributed by atoms with Crippen molar-refractivity contribution in [2.45, 2.75) is 26.7 Å². The molecule has 0 heterocycles. The van der Waals surface area contributed by atoms with Gasteiger partial charge in [0.1, 0.15) is 0 Å². The smallest absolute Gasteiger partial charge is 0.00669 e. The zero-order valence-corrected chi connectivity index (χ0v) is 12.2. The van der Waals surface area contributed by atoms with Crippen molar-refractivity contribution in [3.05, 3.63) is 35.4 Å². The molecule has 0 aromatic heterocycles. The lowest BCUT2D eigenvalue weighted by atomic mass is 10.0. The molecule has 0 radical (unpaired) electrons. The molecule has 1 rings (SSSR count). The summed E-state index contributed by atoms with van der Waals surface area (Å²) in [6, 6.07) is 9.08. The highest BCUT2D eigenvalue weighted by molar-refractivity contribution is 7.80. The highest BCUT2D eigenvalue weighted by atomic mass is 32.1. The Bertz CT molecular complexity index is 305. The average molecular weight is 251 g/mol. The molecule has 0 saturated heterocycles. The lowest BCUT2D eigenvalue weighted by Gasteiger charge is -2.15. The van der Waals surface area contributed by atoms with Gasteiger partial charge in [-0.3, -0.25) is 0 Å². The molecule has 0 fully saturated rings. The van der Waals surface area contributed by atoms with Gasteiger partial charge in [0.15, 0.2) is 0 Å². The first kappa shape index (κ1) is 14.6. The Morgan fingerprint density at radius 3 is 2.18 bits per heavy atom. The van der Waals surface area contributed by atoms with Crippen LogP contribution in [-0.4, -0.2) is 30.8 Å². The van der Waals surface area contributed by atoms with Crippen molar-refractivity contribution in [1.29, 1.82) is 0 Å². The van der Waals surface area contributed by atoms with Gasteiger partial charge in [-0.1, -0.05) is 38.1 Å². The molecule has 1 nitrogen and oxygen atoms in total. The maximum atomic E-state index is 4.24. The zero-order chi connectivity index (χ0) is 12.7. The van der Waals surface area contributed by atoms with Crippen LogP contribution >= 0.6 is 12.6 Å². The third-order valence-electron chi connectivity index (χ3n) is 2.93. The number of hydrogen-bond donors (Lipinski definition) is 1. The van der Waals surface area contributed by atoms with Crippen LogP contribution in [0.4, 0.5) is 0 Å². The van der Waals surface area contributed by atoms with Crippen LogP contribution in [0.25, 0.3) is 0 Å². The highest BCUT2D eigenvalue weighted by Crippen LogP contribution is 2.10. The van der Waals surface area contributed by atoms with E-state index in [0.29, 0.717) is 0 Å². The van der Waals surface area contributed by atoms with E-state index in [0.717, 1.165) is 31.2 Å². The lowest BCUT2D eigenvalue weighted by molar-refractivity contribution is 0.361. The average Bonchev–Trinajstić information content (AvgIpc) is 2.28. The largest absolute Gasteiger partial charge is 0.305 e. The molecule has 0 aliphatic heterocycles. The van der Waals surface area contributed by atoms with Crippen molar-refractivity contribution in [2.75, 3.05) is 25.9 Å². The second-order valence-electron chi connectivity index (χ2n) is 5.19. The SMILES string of the molecule is CC(C)Cc1ccc(CCN(C)CCS)cc1. The van der Waals surface area contributed by atoms with Crippen molar-refractivity contribution >= 4 is 12.6 Å². The van der Waals surface area contributed by atoms with Gasteiger partial charge in [-0.05, 0) is 36.9 Å². The summed E-state index contributed by atoms with van der Waals surface area (Å²) in [4.78, 5) is 2.33. The van der Waals surface area contributed by atoms with E-state index in [1.54, 1.807) is 0 Å². The molecule has 0 aliphatic rings. The quantitative estimate of drug-likeness (QED) is 0.728. The highest BCUT2D eigenvalue weighted by Gasteiger charge is 2.00. The second kappa shape index (κ2) is 7.78. The zero-order valence-electron chi connectivity index (χ0n) is 11.3. The van der Waals surface area contributed by atoms with Crippen LogP contribution in [0.2, 0.25) is 0 Å². The molecule has 0 spiro atoms. The van der Waals surface area contributed by atoms with Crippen molar-refractivity contribution in [3.8, 4) is 0 Å². The summed E-state index contributed by atoms with van der Waals surface area (Å²) < 4.78 is 0. The second-order valence-corrected chi connectivity index (χ2v) is 5.64. The van der Waals surface area contributed by atoms with Gasteiger partial charge >= 0.3 is 0 Å². The van der Waals surface area contributed by atoms with Crippen LogP contribution in [0.1, 0.15) is 25.0 Å². The minimum Gasteiger partial charge on any atom is -0.305 e. The summed E-state index contributed by atoms with van der Waals surface area (Å²) in [5, 5.41) is 0. The van der Waals surface area contributed by atoms with E-state index in [9.17, 15) is 0 Å². The Hall–Kier alpha value is -0.470. The fourth-order valence-electron chi connectivity index (χ4n) is 1.92. The molecule has 0 aliphatic carbocycles. The van der Waals surface area contributed by atoms with Crippen LogP contribution < -0.4 is 0 Å². The molecule has 0 bridgehead atoms. The lowest BCUT2D eigenvalue weighted by Crippen LogP contribution is -2.23. The Morgan fingerprint density at radius 1 is 1.06 bits per heavy atom. The van der Waals surface area contributed by atoms with Gasteiger partial charge < -0.3 is 4.90 Å². The third kappa shape index (κ3) is 6.13. The van der Waals surface area contributed by atoms with Gasteiger partial charge in [0.2, 0.25) is 0 Å². The van der Waals surface area contributed by atoms with E-state index in [4.69, 9.17) is 0 Å². The number of hydrogen-bond acceptors (Lipinski definition) is 2. The van der Waals surface area contributed by atoms with E-state index in [2.05, 4.69) is 62.7 Å². The van der Waals surface area contributed by atoms with E-state index in [1.165, 1.54) is 17.5 Å². The Labute approximate surface area is 112 Å². The van der Waals surface area contributed by atoms with E-state index >= 15 is 0 Å². The molecule has 0 saturated carbocycles. The Balaban J connectivity index is 2.40. The normalized spacial score (nSPS) is 11.4. The van der Waals surface area contributed by atoms with Gasteiger partial charge in [-0.15, -0.1) is 0 Å². The summed E-state index contributed by atoms with van der Waals surface area (Å²) in [5.41, 5.74) is 2.89. The third-order valence-corrected chi connectivity index (χ3v) is 3.13. The minimum absolute atomic E-state index is 0.738. The first-order chi connectivity index (χ1) is 8.11. The molecule has 1 aromatic carbocycles. The fourth-order valence-corrected chi connectivity index (χ4v) is 2.26. The van der Waals surface area contributed by atoms with Crippen LogP contribution in [0.3, 0.4) is 0 Å². The summed E-state index contributed by atoms with van der Waals surface area (Å²) in [6.07, 6.45) is 2.31. The molecule has 0 unspecified atom stereocenters. The van der Waals surface area contributed by atoms with Crippen molar-refractivity contribution in [3.63, 3.8) is 0 Å². The van der Waals surface area contributed by atoms with Crippen molar-refractivity contribution < 1.29 is 0 Å². The predicted octanol–water partition coefficient (Wildman–Crippen LogP) is 3.29. The molecular weight excluding hydrogens is 226 g/mol. The summed E-state index contributed by atoms with van der Waals surface area (Å²) in [7, 11) is 2.16. The van der Waals surface area contributed by atoms with E-state index in [-0.39, 0.29) is 0 Å². The molecule has 1 aromatic rings. The summed E-state index contributed by atoms with van der Waals surface area (Å²) in [6.45, 7) is 6.71. The standard InChI is InChI=1S/C15H25NS/c1-13(2)12-15-6-4-14(5-7-15)8-9-16(3)10-11-17/h4-7,13,17H,8-12H2,1-3H3. The van der Waals surface area contributed by atoms with Gasteiger partial charge in [-0.25, -0.2) is 0 Å². The summed E-state index contributed by atoms with van der Waals surface area (Å²) >= 11 is 4.24. The molecular formula is C15H25NS. The van der Waals surface area contributed by atoms with E-state index < -0.39 is 0 Å². The number of thiol groups is 1. The first-order valence-corrected chi connectivity index (χ1v) is 7.12. The molecule has 17 heavy (non-hydrogen) atoms. The Kier molecular flexibility index (Phi) is 6.68. The van der Waals surface area contributed by atoms with Crippen molar-refractivity contribution in [2.24, 2.45) is 5.92 Å². The van der Waals surface area contributed by atoms with Gasteiger partial charge in [0.25, 0.3) is 0 Å². The van der Waals surface area contributed by atoms with Gasteiger partial charge in [0, 0.05) is 18.8 Å². The Morgan fingerprint density at radius 2 is 1.65 bits per heavy atom. The molecule has 0 amide bonds. The number of rotatable bonds is 7. The number of nitrogens with zero attached hydrogens (tertiary/aromatic N) is 1. The van der Waals surface area contributed by atoms with Crippen LogP contribution in [-0.2, 0) is 12.8 Å². The van der Waals surface area contributed by atoms with Crippen LogP contribution in [0.5, 0.6) is 0 Å². The molecule has 0 N–H and O–H groups in total. The van der Waals surface area contributed by atoms with Crippen molar-refractivity contribution in [1.82, 2.24) is 4.90 Å². The van der Waals surface area contributed by atoms with Crippen LogP contribution in [0, 0.1) is 5.92 Å². The summed E-state index contributed by atoms with van der Waals surface area (Å²) in [5.74, 6) is 1.67. The number of likely N-dealkylation sites (N-methyl/N-ethyl adjacent to an activating group) is 1. The molecule has 2 heteroatoms. The van der Waals surface area contributed by atoms with Crippen LogP contribution in [0.15, 0.2) is 24.3 Å².